The van der Waals surface area contributed by atoms with Crippen LogP contribution in [0.4, 0.5) is 10.5 Å². The highest BCUT2D eigenvalue weighted by molar-refractivity contribution is 9.10. The third-order valence-corrected chi connectivity index (χ3v) is 8.74. The summed E-state index contributed by atoms with van der Waals surface area (Å²) >= 11 is 10.2. The number of aromatic nitrogens is 3. The SMILES string of the molecule is Cc1nccn1CC1=Cc2cc(Cl)ccc2C(C2CCN(C(=O)Nc3ccc(C#N)cc3)CC2)c2ncc(Br)cc21. The zero-order valence-electron chi connectivity index (χ0n) is 22.5. The van der Waals surface area contributed by atoms with Crippen LogP contribution in [0.2, 0.25) is 5.02 Å². The van der Waals surface area contributed by atoms with E-state index in [1.54, 1.807) is 24.3 Å². The van der Waals surface area contributed by atoms with E-state index in [9.17, 15) is 4.79 Å². The summed E-state index contributed by atoms with van der Waals surface area (Å²) in [6.45, 7) is 3.97. The molecule has 3 heterocycles. The van der Waals surface area contributed by atoms with Crippen LogP contribution in [0, 0.1) is 24.2 Å². The van der Waals surface area contributed by atoms with Crippen molar-refractivity contribution < 1.29 is 4.79 Å². The summed E-state index contributed by atoms with van der Waals surface area (Å²) in [5.41, 5.74) is 6.88. The van der Waals surface area contributed by atoms with Gasteiger partial charge in [-0.1, -0.05) is 17.7 Å². The number of imidazole rings is 1. The number of allylic oxidation sites excluding steroid dienone is 1. The molecule has 1 aliphatic carbocycles. The lowest BCUT2D eigenvalue weighted by atomic mass is 9.76. The van der Waals surface area contributed by atoms with E-state index in [0.717, 1.165) is 45.5 Å². The third-order valence-electron chi connectivity index (χ3n) is 8.07. The lowest BCUT2D eigenvalue weighted by molar-refractivity contribution is 0.177. The summed E-state index contributed by atoms with van der Waals surface area (Å²) in [5, 5.41) is 12.7. The van der Waals surface area contributed by atoms with Gasteiger partial charge in [0.2, 0.25) is 0 Å². The molecule has 2 aromatic carbocycles. The number of aryl methyl sites for hydroxylation is 1. The van der Waals surface area contributed by atoms with Gasteiger partial charge in [-0.2, -0.15) is 5.26 Å². The summed E-state index contributed by atoms with van der Waals surface area (Å²) in [4.78, 5) is 24.4. The van der Waals surface area contributed by atoms with Gasteiger partial charge >= 0.3 is 6.03 Å². The predicted molar refractivity (Wildman–Crippen MR) is 165 cm³/mol. The molecule has 1 fully saturated rings. The number of piperidine rings is 1. The van der Waals surface area contributed by atoms with Crippen molar-refractivity contribution in [2.24, 2.45) is 5.92 Å². The van der Waals surface area contributed by atoms with Gasteiger partial charge in [0.05, 0.1) is 17.3 Å². The van der Waals surface area contributed by atoms with E-state index < -0.39 is 0 Å². The van der Waals surface area contributed by atoms with E-state index in [1.165, 1.54) is 5.56 Å². The van der Waals surface area contributed by atoms with Crippen LogP contribution in [0.1, 0.15) is 52.5 Å². The molecule has 9 heteroatoms. The summed E-state index contributed by atoms with van der Waals surface area (Å²) in [5.74, 6) is 1.31. The Bertz CT molecular complexity index is 1680. The van der Waals surface area contributed by atoms with Crippen LogP contribution in [0.25, 0.3) is 11.6 Å². The molecule has 0 bridgehead atoms. The van der Waals surface area contributed by atoms with Crippen molar-refractivity contribution in [2.75, 3.05) is 18.4 Å². The molecule has 6 rings (SSSR count). The Morgan fingerprint density at radius 2 is 1.93 bits per heavy atom. The quantitative estimate of drug-likeness (QED) is 0.254. The summed E-state index contributed by atoms with van der Waals surface area (Å²) in [6.07, 6.45) is 9.65. The van der Waals surface area contributed by atoms with Gasteiger partial charge < -0.3 is 14.8 Å². The number of benzene rings is 2. The van der Waals surface area contributed by atoms with Gasteiger partial charge in [-0.3, -0.25) is 4.98 Å². The number of likely N-dealkylation sites (tertiary alicyclic amines) is 1. The molecule has 1 atom stereocenters. The first kappa shape index (κ1) is 27.3. The Labute approximate surface area is 252 Å². The minimum Gasteiger partial charge on any atom is -0.331 e. The zero-order valence-corrected chi connectivity index (χ0v) is 24.9. The monoisotopic (exact) mass is 626 g/mol. The summed E-state index contributed by atoms with van der Waals surface area (Å²) < 4.78 is 3.08. The highest BCUT2D eigenvalue weighted by Crippen LogP contribution is 2.45. The van der Waals surface area contributed by atoms with E-state index >= 15 is 0 Å². The van der Waals surface area contributed by atoms with Crippen molar-refractivity contribution in [3.63, 3.8) is 0 Å². The van der Waals surface area contributed by atoms with Crippen LogP contribution in [0.15, 0.2) is 71.6 Å². The molecule has 7 nitrogen and oxygen atoms in total. The number of nitrogens with zero attached hydrogens (tertiary/aromatic N) is 5. The maximum atomic E-state index is 13.1. The number of pyridine rings is 1. The Balaban J connectivity index is 1.29. The average molecular weight is 628 g/mol. The van der Waals surface area contributed by atoms with E-state index in [-0.39, 0.29) is 11.9 Å². The number of fused-ring (bicyclic) bond motifs is 2. The molecule has 1 N–H and O–H groups in total. The molecule has 1 unspecified atom stereocenters. The van der Waals surface area contributed by atoms with Crippen LogP contribution < -0.4 is 5.32 Å². The Morgan fingerprint density at radius 3 is 2.63 bits per heavy atom. The third kappa shape index (κ3) is 5.65. The standard InChI is InChI=1S/C32H28BrClN6O/c1-20-36-10-13-40(20)19-24-14-23-15-26(34)4-7-28(23)30(31-29(24)16-25(33)18-37-31)22-8-11-39(12-9-22)32(41)38-27-5-2-21(17-35)3-6-27/h2-7,10,13-16,18,22,30H,8-9,11-12,19H2,1H3,(H,38,41). The van der Waals surface area contributed by atoms with Crippen LogP contribution in [0.3, 0.4) is 0 Å². The first-order chi connectivity index (χ1) is 19.9. The molecule has 41 heavy (non-hydrogen) atoms. The molecule has 206 valence electrons. The molecule has 2 aliphatic rings. The van der Waals surface area contributed by atoms with Gasteiger partial charge in [0.25, 0.3) is 0 Å². The molecule has 1 aliphatic heterocycles. The Morgan fingerprint density at radius 1 is 1.15 bits per heavy atom. The Hall–Kier alpha value is -3.93. The predicted octanol–water partition coefficient (Wildman–Crippen LogP) is 7.50. The fraction of sp³-hybridized carbons (Fsp3) is 0.250. The van der Waals surface area contributed by atoms with Crippen LogP contribution in [0.5, 0.6) is 0 Å². The smallest absolute Gasteiger partial charge is 0.321 e. The fourth-order valence-electron chi connectivity index (χ4n) is 5.95. The van der Waals surface area contributed by atoms with Gasteiger partial charge in [0.1, 0.15) is 5.82 Å². The number of anilines is 1. The van der Waals surface area contributed by atoms with Crippen LogP contribution in [-0.4, -0.2) is 38.6 Å². The first-order valence-corrected chi connectivity index (χ1v) is 14.8. The Kier molecular flexibility index (Phi) is 7.65. The largest absolute Gasteiger partial charge is 0.331 e. The van der Waals surface area contributed by atoms with Crippen molar-refractivity contribution in [3.8, 4) is 6.07 Å². The molecule has 2 aromatic heterocycles. The van der Waals surface area contributed by atoms with Gasteiger partial charge in [0, 0.05) is 64.9 Å². The topological polar surface area (TPSA) is 86.8 Å². The number of nitriles is 1. The molecular weight excluding hydrogens is 600 g/mol. The maximum absolute atomic E-state index is 13.1. The molecule has 2 amide bonds. The molecule has 1 saturated heterocycles. The second-order valence-electron chi connectivity index (χ2n) is 10.6. The van der Waals surface area contributed by atoms with Gasteiger partial charge in [-0.05, 0) is 107 Å². The zero-order chi connectivity index (χ0) is 28.5. The van der Waals surface area contributed by atoms with Gasteiger partial charge in [0.15, 0.2) is 0 Å². The number of rotatable bonds is 4. The molecule has 0 saturated carbocycles. The van der Waals surface area contributed by atoms with Crippen molar-refractivity contribution in [2.45, 2.75) is 32.2 Å². The van der Waals surface area contributed by atoms with E-state index in [4.69, 9.17) is 21.8 Å². The van der Waals surface area contributed by atoms with Crippen molar-refractivity contribution in [1.29, 1.82) is 5.26 Å². The summed E-state index contributed by atoms with van der Waals surface area (Å²) in [6, 6.07) is 17.2. The summed E-state index contributed by atoms with van der Waals surface area (Å²) in [7, 11) is 0. The molecular formula is C32H28BrClN6O. The van der Waals surface area contributed by atoms with Crippen LogP contribution >= 0.6 is 27.5 Å². The minimum absolute atomic E-state index is 0.0618. The van der Waals surface area contributed by atoms with Crippen LogP contribution in [-0.2, 0) is 6.54 Å². The average Bonchev–Trinajstić information content (AvgIpc) is 3.33. The number of urea groups is 1. The molecule has 4 aromatic rings. The number of hydrogen-bond acceptors (Lipinski definition) is 4. The first-order valence-electron chi connectivity index (χ1n) is 13.6. The lowest BCUT2D eigenvalue weighted by Crippen LogP contribution is -2.42. The van der Waals surface area contributed by atoms with Crippen molar-refractivity contribution >= 4 is 50.9 Å². The number of nitrogens with one attached hydrogen (secondary N) is 1. The highest BCUT2D eigenvalue weighted by Gasteiger charge is 2.35. The van der Waals surface area contributed by atoms with E-state index in [0.29, 0.717) is 41.8 Å². The number of hydrogen-bond donors (Lipinski definition) is 1. The van der Waals surface area contributed by atoms with Gasteiger partial charge in [-0.25, -0.2) is 9.78 Å². The molecule has 0 radical (unpaired) electrons. The normalized spacial score (nSPS) is 16.7. The van der Waals surface area contributed by atoms with Crippen molar-refractivity contribution in [1.82, 2.24) is 19.4 Å². The number of carbonyl (C=O) groups is 1. The number of carbonyl (C=O) groups excluding carboxylic acids is 1. The van der Waals surface area contributed by atoms with Crippen molar-refractivity contribution in [3.05, 3.63) is 110 Å². The number of amides is 2. The number of halogens is 2. The van der Waals surface area contributed by atoms with E-state index in [2.05, 4.69) is 55.1 Å². The maximum Gasteiger partial charge on any atom is 0.321 e. The van der Waals surface area contributed by atoms with Gasteiger partial charge in [-0.15, -0.1) is 0 Å². The molecule has 0 spiro atoms. The fourth-order valence-corrected chi connectivity index (χ4v) is 6.46. The minimum atomic E-state index is -0.122. The second-order valence-corrected chi connectivity index (χ2v) is 11.9. The second kappa shape index (κ2) is 11.5. The van der Waals surface area contributed by atoms with E-state index in [1.807, 2.05) is 42.5 Å². The lowest BCUT2D eigenvalue weighted by Gasteiger charge is -2.36. The highest BCUT2D eigenvalue weighted by atomic mass is 79.9.